The van der Waals surface area contributed by atoms with E-state index in [0.717, 1.165) is 41.1 Å². The van der Waals surface area contributed by atoms with Gasteiger partial charge in [-0.3, -0.25) is 4.79 Å². The van der Waals surface area contributed by atoms with E-state index < -0.39 is 11.7 Å². The molecule has 4 rings (SSSR count). The van der Waals surface area contributed by atoms with Crippen LogP contribution in [-0.4, -0.2) is 52.8 Å². The fraction of sp³-hybridized carbons (Fsp3) is 0.400. The van der Waals surface area contributed by atoms with Crippen molar-refractivity contribution in [2.24, 2.45) is 7.05 Å². The lowest BCUT2D eigenvalue weighted by molar-refractivity contribution is -0.120. The fourth-order valence-corrected chi connectivity index (χ4v) is 4.10. The number of aryl methyl sites for hydroxylation is 1. The molecule has 0 saturated carbocycles. The van der Waals surface area contributed by atoms with Crippen molar-refractivity contribution in [1.29, 1.82) is 0 Å². The number of fused-ring (bicyclic) bond motifs is 1. The molecular formula is C25H31N5O3. The predicted octanol–water partition coefficient (Wildman–Crippen LogP) is 3.46. The van der Waals surface area contributed by atoms with E-state index in [9.17, 15) is 9.59 Å². The maximum atomic E-state index is 12.3. The van der Waals surface area contributed by atoms with Gasteiger partial charge in [-0.2, -0.15) is 0 Å². The summed E-state index contributed by atoms with van der Waals surface area (Å²) in [6, 6.07) is 16.5. The van der Waals surface area contributed by atoms with Gasteiger partial charge >= 0.3 is 6.09 Å². The van der Waals surface area contributed by atoms with Crippen LogP contribution in [0.15, 0.2) is 48.5 Å². The Morgan fingerprint density at radius 2 is 1.94 bits per heavy atom. The highest BCUT2D eigenvalue weighted by Gasteiger charge is 2.25. The SMILES string of the molecule is Cn1c(-c2cccc(N3CC[C@@H](NC(=O)CNC(=O)OC(C)(C)C)C3)c2)nc2ccccc21. The number of benzene rings is 2. The summed E-state index contributed by atoms with van der Waals surface area (Å²) >= 11 is 0. The molecule has 1 aliphatic rings. The van der Waals surface area contributed by atoms with E-state index >= 15 is 0 Å². The lowest BCUT2D eigenvalue weighted by Crippen LogP contribution is -2.44. The Labute approximate surface area is 193 Å². The van der Waals surface area contributed by atoms with Gasteiger partial charge in [0.15, 0.2) is 0 Å². The molecule has 1 fully saturated rings. The van der Waals surface area contributed by atoms with Crippen LogP contribution in [0.5, 0.6) is 0 Å². The van der Waals surface area contributed by atoms with Gasteiger partial charge in [0.2, 0.25) is 5.91 Å². The molecule has 0 unspecified atom stereocenters. The van der Waals surface area contributed by atoms with E-state index in [2.05, 4.69) is 44.4 Å². The quantitative estimate of drug-likeness (QED) is 0.623. The number of alkyl carbamates (subject to hydrolysis) is 1. The molecule has 0 radical (unpaired) electrons. The molecule has 8 heteroatoms. The zero-order valence-corrected chi connectivity index (χ0v) is 19.6. The van der Waals surface area contributed by atoms with Gasteiger partial charge in [-0.15, -0.1) is 0 Å². The number of para-hydroxylation sites is 2. The van der Waals surface area contributed by atoms with Crippen molar-refractivity contribution in [3.63, 3.8) is 0 Å². The molecule has 2 heterocycles. The monoisotopic (exact) mass is 449 g/mol. The minimum Gasteiger partial charge on any atom is -0.444 e. The minimum atomic E-state index is -0.595. The molecule has 2 amide bonds. The van der Waals surface area contributed by atoms with Crippen LogP contribution in [-0.2, 0) is 16.6 Å². The van der Waals surface area contributed by atoms with Crippen molar-refractivity contribution < 1.29 is 14.3 Å². The normalized spacial score (nSPS) is 16.1. The van der Waals surface area contributed by atoms with Gasteiger partial charge in [0, 0.05) is 37.4 Å². The average Bonchev–Trinajstić information content (AvgIpc) is 3.36. The first-order valence-electron chi connectivity index (χ1n) is 11.2. The molecule has 0 bridgehead atoms. The van der Waals surface area contributed by atoms with Crippen LogP contribution in [0.2, 0.25) is 0 Å². The number of anilines is 1. The first kappa shape index (κ1) is 22.6. The maximum Gasteiger partial charge on any atom is 0.408 e. The number of nitrogens with zero attached hydrogens (tertiary/aromatic N) is 3. The molecule has 3 aromatic rings. The standard InChI is InChI=1S/C25H31N5O3/c1-25(2,3)33-24(32)26-15-22(31)27-18-12-13-30(16-18)19-9-7-8-17(14-19)23-28-20-10-5-6-11-21(20)29(23)4/h5-11,14,18H,12-13,15-16H2,1-4H3,(H,26,32)(H,27,31)/t18-/m1/s1. The van der Waals surface area contributed by atoms with Crippen molar-refractivity contribution in [1.82, 2.24) is 20.2 Å². The third-order valence-electron chi connectivity index (χ3n) is 5.60. The summed E-state index contributed by atoms with van der Waals surface area (Å²) < 4.78 is 7.27. The lowest BCUT2D eigenvalue weighted by atomic mass is 10.1. The average molecular weight is 450 g/mol. The van der Waals surface area contributed by atoms with Crippen molar-refractivity contribution in [3.8, 4) is 11.4 Å². The third kappa shape index (κ3) is 5.45. The Hall–Kier alpha value is -3.55. The van der Waals surface area contributed by atoms with E-state index in [1.807, 2.05) is 31.3 Å². The second-order valence-corrected chi connectivity index (χ2v) is 9.39. The predicted molar refractivity (Wildman–Crippen MR) is 129 cm³/mol. The van der Waals surface area contributed by atoms with Crippen molar-refractivity contribution in [2.45, 2.75) is 38.8 Å². The van der Waals surface area contributed by atoms with Crippen LogP contribution >= 0.6 is 0 Å². The van der Waals surface area contributed by atoms with Gasteiger partial charge in [0.1, 0.15) is 18.0 Å². The highest BCUT2D eigenvalue weighted by atomic mass is 16.6. The summed E-state index contributed by atoms with van der Waals surface area (Å²) in [4.78, 5) is 31.1. The Morgan fingerprint density at radius 3 is 2.70 bits per heavy atom. The second-order valence-electron chi connectivity index (χ2n) is 9.39. The molecule has 174 valence electrons. The molecule has 1 aliphatic heterocycles. The van der Waals surface area contributed by atoms with Gasteiger partial charge < -0.3 is 24.8 Å². The van der Waals surface area contributed by atoms with Crippen molar-refractivity contribution in [3.05, 3.63) is 48.5 Å². The Kier molecular flexibility index (Phi) is 6.26. The number of nitrogens with one attached hydrogen (secondary N) is 2. The summed E-state index contributed by atoms with van der Waals surface area (Å²) in [5.41, 5.74) is 3.64. The molecule has 1 aromatic heterocycles. The fourth-order valence-electron chi connectivity index (χ4n) is 4.10. The van der Waals surface area contributed by atoms with Crippen LogP contribution in [0.25, 0.3) is 22.4 Å². The maximum absolute atomic E-state index is 12.3. The third-order valence-corrected chi connectivity index (χ3v) is 5.60. The highest BCUT2D eigenvalue weighted by Crippen LogP contribution is 2.28. The number of hydrogen-bond acceptors (Lipinski definition) is 5. The number of ether oxygens (including phenoxy) is 1. The van der Waals surface area contributed by atoms with Crippen LogP contribution < -0.4 is 15.5 Å². The second kappa shape index (κ2) is 9.13. The highest BCUT2D eigenvalue weighted by molar-refractivity contribution is 5.83. The van der Waals surface area contributed by atoms with Gasteiger partial charge in [0.25, 0.3) is 0 Å². The first-order valence-corrected chi connectivity index (χ1v) is 11.2. The van der Waals surface area contributed by atoms with Crippen molar-refractivity contribution in [2.75, 3.05) is 24.5 Å². The Bertz CT molecular complexity index is 1160. The zero-order chi connectivity index (χ0) is 23.6. The van der Waals surface area contributed by atoms with Crippen LogP contribution in [0.4, 0.5) is 10.5 Å². The summed E-state index contributed by atoms with van der Waals surface area (Å²) in [6.45, 7) is 6.80. The summed E-state index contributed by atoms with van der Waals surface area (Å²) in [6.07, 6.45) is 0.249. The summed E-state index contributed by atoms with van der Waals surface area (Å²) in [5, 5.41) is 5.50. The zero-order valence-electron chi connectivity index (χ0n) is 19.6. The molecule has 1 atom stereocenters. The number of imidazole rings is 1. The lowest BCUT2D eigenvalue weighted by Gasteiger charge is -2.21. The number of aromatic nitrogens is 2. The molecule has 8 nitrogen and oxygen atoms in total. The summed E-state index contributed by atoms with van der Waals surface area (Å²) in [5.74, 6) is 0.705. The van der Waals surface area contributed by atoms with Crippen molar-refractivity contribution >= 4 is 28.7 Å². The Balaban J connectivity index is 1.36. The number of carbonyl (C=O) groups is 2. The van der Waals surface area contributed by atoms with Crippen LogP contribution in [0.1, 0.15) is 27.2 Å². The molecule has 1 saturated heterocycles. The summed E-state index contributed by atoms with van der Waals surface area (Å²) in [7, 11) is 2.03. The molecular weight excluding hydrogens is 418 g/mol. The van der Waals surface area contributed by atoms with Gasteiger partial charge in [-0.1, -0.05) is 24.3 Å². The molecule has 2 N–H and O–H groups in total. The molecule has 0 aliphatic carbocycles. The number of hydrogen-bond donors (Lipinski definition) is 2. The molecule has 0 spiro atoms. The van der Waals surface area contributed by atoms with E-state index in [1.54, 1.807) is 20.8 Å². The molecule has 2 aromatic carbocycles. The topological polar surface area (TPSA) is 88.5 Å². The molecule has 33 heavy (non-hydrogen) atoms. The Morgan fingerprint density at radius 1 is 1.15 bits per heavy atom. The van der Waals surface area contributed by atoms with E-state index in [-0.39, 0.29) is 18.5 Å². The van der Waals surface area contributed by atoms with E-state index in [4.69, 9.17) is 9.72 Å². The van der Waals surface area contributed by atoms with Gasteiger partial charge in [-0.25, -0.2) is 9.78 Å². The number of carbonyl (C=O) groups excluding carboxylic acids is 2. The van der Waals surface area contributed by atoms with E-state index in [0.29, 0.717) is 6.54 Å². The number of rotatable bonds is 5. The van der Waals surface area contributed by atoms with Gasteiger partial charge in [-0.05, 0) is 51.5 Å². The van der Waals surface area contributed by atoms with E-state index in [1.165, 1.54) is 0 Å². The smallest absolute Gasteiger partial charge is 0.408 e. The van der Waals surface area contributed by atoms with Crippen LogP contribution in [0.3, 0.4) is 0 Å². The van der Waals surface area contributed by atoms with Gasteiger partial charge in [0.05, 0.1) is 11.0 Å². The first-order chi connectivity index (χ1) is 15.7. The van der Waals surface area contributed by atoms with Crippen LogP contribution in [0, 0.1) is 0 Å². The number of amides is 2. The minimum absolute atomic E-state index is 0.0253. The largest absolute Gasteiger partial charge is 0.444 e.